The summed E-state index contributed by atoms with van der Waals surface area (Å²) in [5.74, 6) is 0. The van der Waals surface area contributed by atoms with Crippen molar-refractivity contribution in [3.8, 4) is 0 Å². The van der Waals surface area contributed by atoms with Crippen LogP contribution in [0, 0.1) is 3.57 Å². The number of hydrogen-bond acceptors (Lipinski definition) is 2. The highest BCUT2D eigenvalue weighted by Gasteiger charge is 2.10. The van der Waals surface area contributed by atoms with Crippen molar-refractivity contribution < 1.29 is 4.79 Å². The minimum atomic E-state index is 0.763. The number of benzene rings is 1. The maximum Gasteiger partial charge on any atom is 0.152 e. The Morgan fingerprint density at radius 1 is 1.46 bits per heavy atom. The lowest BCUT2D eigenvalue weighted by Gasteiger charge is -1.91. The molecule has 2 rings (SSSR count). The molecule has 0 unspecified atom stereocenters. The lowest BCUT2D eigenvalue weighted by Crippen LogP contribution is -1.76. The van der Waals surface area contributed by atoms with Crippen LogP contribution in [0.2, 0.25) is 0 Å². The minimum Gasteiger partial charge on any atom is -0.298 e. The third-order valence-corrected chi connectivity index (χ3v) is 5.00. The molecule has 0 aliphatic rings. The van der Waals surface area contributed by atoms with Gasteiger partial charge in [0.05, 0.1) is 3.79 Å². The number of aldehydes is 1. The number of carbonyl (C=O) groups is 1. The highest BCUT2D eigenvalue weighted by atomic mass is 127. The molecule has 0 atom stereocenters. The Kier molecular flexibility index (Phi) is 2.71. The van der Waals surface area contributed by atoms with Gasteiger partial charge in [-0.2, -0.15) is 0 Å². The second-order valence-electron chi connectivity index (χ2n) is 2.52. The summed E-state index contributed by atoms with van der Waals surface area (Å²) in [6.45, 7) is 0. The van der Waals surface area contributed by atoms with E-state index in [0.29, 0.717) is 0 Å². The topological polar surface area (TPSA) is 17.1 Å². The zero-order valence-electron chi connectivity index (χ0n) is 6.38. The summed E-state index contributed by atoms with van der Waals surface area (Å²) in [5, 5.41) is 1.04. The Morgan fingerprint density at radius 3 is 2.92 bits per heavy atom. The molecule has 0 radical (unpaired) electrons. The standard InChI is InChI=1S/C9H4BrIOS/c10-9-6(4-12)5-2-1-3-7(11)8(5)13-9/h1-4H. The first-order chi connectivity index (χ1) is 6.24. The molecule has 0 bridgehead atoms. The Balaban J connectivity index is 2.93. The van der Waals surface area contributed by atoms with Crippen molar-refractivity contribution in [2.75, 3.05) is 0 Å². The van der Waals surface area contributed by atoms with Crippen LogP contribution in [0.1, 0.15) is 10.4 Å². The van der Waals surface area contributed by atoms with Gasteiger partial charge < -0.3 is 0 Å². The molecule has 0 spiro atoms. The summed E-state index contributed by atoms with van der Waals surface area (Å²) < 4.78 is 3.28. The van der Waals surface area contributed by atoms with E-state index in [1.165, 1.54) is 8.27 Å². The van der Waals surface area contributed by atoms with E-state index in [-0.39, 0.29) is 0 Å². The normalized spacial score (nSPS) is 10.6. The molecule has 4 heteroatoms. The molecular formula is C9H4BrIOS. The van der Waals surface area contributed by atoms with Crippen LogP contribution < -0.4 is 0 Å². The van der Waals surface area contributed by atoms with Crippen molar-refractivity contribution in [2.45, 2.75) is 0 Å². The van der Waals surface area contributed by atoms with Crippen molar-refractivity contribution in [3.05, 3.63) is 31.1 Å². The van der Waals surface area contributed by atoms with Gasteiger partial charge in [0.15, 0.2) is 6.29 Å². The highest BCUT2D eigenvalue weighted by Crippen LogP contribution is 2.36. The fourth-order valence-electron chi connectivity index (χ4n) is 1.18. The molecule has 1 aromatic carbocycles. The molecule has 2 aromatic rings. The van der Waals surface area contributed by atoms with E-state index in [0.717, 1.165) is 21.0 Å². The maximum absolute atomic E-state index is 10.8. The molecule has 66 valence electrons. The molecule has 1 heterocycles. The van der Waals surface area contributed by atoms with Gasteiger partial charge in [-0.05, 0) is 44.6 Å². The summed E-state index contributed by atoms with van der Waals surface area (Å²) in [5.41, 5.74) is 0.763. The quantitative estimate of drug-likeness (QED) is 0.549. The number of hydrogen-bond donors (Lipinski definition) is 0. The highest BCUT2D eigenvalue weighted by molar-refractivity contribution is 14.1. The molecule has 1 nitrogen and oxygen atoms in total. The van der Waals surface area contributed by atoms with Crippen molar-refractivity contribution in [3.63, 3.8) is 0 Å². The first kappa shape index (κ1) is 9.61. The van der Waals surface area contributed by atoms with Gasteiger partial charge in [-0.3, -0.25) is 4.79 Å². The van der Waals surface area contributed by atoms with E-state index in [4.69, 9.17) is 0 Å². The third kappa shape index (κ3) is 1.55. The van der Waals surface area contributed by atoms with Gasteiger partial charge in [-0.25, -0.2) is 0 Å². The minimum absolute atomic E-state index is 0.763. The van der Waals surface area contributed by atoms with Crippen molar-refractivity contribution in [2.24, 2.45) is 0 Å². The second-order valence-corrected chi connectivity index (χ2v) is 6.02. The molecule has 0 aliphatic heterocycles. The lowest BCUT2D eigenvalue weighted by molar-refractivity contribution is 0.112. The number of carbonyl (C=O) groups excluding carboxylic acids is 1. The number of fused-ring (bicyclic) bond motifs is 1. The first-order valence-corrected chi connectivity index (χ1v) is 6.24. The Hall–Kier alpha value is 0.0600. The van der Waals surface area contributed by atoms with E-state index >= 15 is 0 Å². The first-order valence-electron chi connectivity index (χ1n) is 3.55. The van der Waals surface area contributed by atoms with Crippen LogP contribution in [0.3, 0.4) is 0 Å². The number of rotatable bonds is 1. The van der Waals surface area contributed by atoms with E-state index in [2.05, 4.69) is 38.5 Å². The molecule has 0 fully saturated rings. The summed E-state index contributed by atoms with van der Waals surface area (Å²) in [6, 6.07) is 5.99. The van der Waals surface area contributed by atoms with Crippen LogP contribution in [0.5, 0.6) is 0 Å². The molecular weight excluding hydrogens is 363 g/mol. The van der Waals surface area contributed by atoms with Crippen LogP contribution in [0.15, 0.2) is 22.0 Å². The molecule has 0 saturated carbocycles. The molecule has 13 heavy (non-hydrogen) atoms. The molecule has 0 amide bonds. The summed E-state index contributed by atoms with van der Waals surface area (Å²) in [4.78, 5) is 10.8. The largest absolute Gasteiger partial charge is 0.298 e. The fraction of sp³-hybridized carbons (Fsp3) is 0. The average molecular weight is 367 g/mol. The van der Waals surface area contributed by atoms with Gasteiger partial charge >= 0.3 is 0 Å². The Morgan fingerprint density at radius 2 is 2.23 bits per heavy atom. The van der Waals surface area contributed by atoms with Crippen LogP contribution >= 0.6 is 49.9 Å². The zero-order valence-corrected chi connectivity index (χ0v) is 10.9. The van der Waals surface area contributed by atoms with Crippen molar-refractivity contribution in [1.82, 2.24) is 0 Å². The average Bonchev–Trinajstić information content (AvgIpc) is 2.43. The van der Waals surface area contributed by atoms with E-state index in [9.17, 15) is 4.79 Å². The SMILES string of the molecule is O=Cc1c(Br)sc2c(I)cccc12. The molecule has 0 aliphatic carbocycles. The third-order valence-electron chi connectivity index (χ3n) is 1.78. The molecule has 1 aromatic heterocycles. The monoisotopic (exact) mass is 366 g/mol. The second kappa shape index (κ2) is 3.67. The molecule has 0 N–H and O–H groups in total. The fourth-order valence-corrected chi connectivity index (χ4v) is 3.71. The predicted octanol–water partition coefficient (Wildman–Crippen LogP) is 4.08. The van der Waals surface area contributed by atoms with Crippen molar-refractivity contribution >= 4 is 66.2 Å². The van der Waals surface area contributed by atoms with Crippen LogP contribution in [0.4, 0.5) is 0 Å². The lowest BCUT2D eigenvalue weighted by atomic mass is 10.2. The Labute approximate surface area is 101 Å². The maximum atomic E-state index is 10.8. The summed E-state index contributed by atoms with van der Waals surface area (Å²) in [6.07, 6.45) is 0.902. The Bertz CT molecular complexity index is 478. The number of halogens is 2. The van der Waals surface area contributed by atoms with Crippen LogP contribution in [0.25, 0.3) is 10.1 Å². The van der Waals surface area contributed by atoms with Crippen LogP contribution in [-0.4, -0.2) is 6.29 Å². The predicted molar refractivity (Wildman–Crippen MR) is 67.6 cm³/mol. The van der Waals surface area contributed by atoms with Crippen LogP contribution in [-0.2, 0) is 0 Å². The van der Waals surface area contributed by atoms with E-state index in [1.54, 1.807) is 11.3 Å². The van der Waals surface area contributed by atoms with Gasteiger partial charge in [0.2, 0.25) is 0 Å². The molecule has 0 saturated heterocycles. The van der Waals surface area contributed by atoms with Gasteiger partial charge in [0, 0.05) is 19.2 Å². The van der Waals surface area contributed by atoms with Gasteiger partial charge in [0.1, 0.15) is 0 Å². The number of thiophene rings is 1. The smallest absolute Gasteiger partial charge is 0.152 e. The van der Waals surface area contributed by atoms with Crippen molar-refractivity contribution in [1.29, 1.82) is 0 Å². The summed E-state index contributed by atoms with van der Waals surface area (Å²) >= 11 is 7.27. The van der Waals surface area contributed by atoms with Gasteiger partial charge in [-0.15, -0.1) is 11.3 Å². The zero-order chi connectivity index (χ0) is 9.42. The summed E-state index contributed by atoms with van der Waals surface area (Å²) in [7, 11) is 0. The van der Waals surface area contributed by atoms with E-state index < -0.39 is 0 Å². The van der Waals surface area contributed by atoms with E-state index in [1.807, 2.05) is 18.2 Å². The van der Waals surface area contributed by atoms with Gasteiger partial charge in [0.25, 0.3) is 0 Å². The van der Waals surface area contributed by atoms with Gasteiger partial charge in [-0.1, -0.05) is 12.1 Å².